The fourth-order valence-electron chi connectivity index (χ4n) is 7.99. The van der Waals surface area contributed by atoms with Gasteiger partial charge < -0.3 is 14.0 Å². The van der Waals surface area contributed by atoms with Gasteiger partial charge >= 0.3 is 0 Å². The van der Waals surface area contributed by atoms with Crippen LogP contribution in [0, 0.1) is 0 Å². The van der Waals surface area contributed by atoms with Crippen molar-refractivity contribution < 1.29 is 14.0 Å². The van der Waals surface area contributed by atoms with Crippen LogP contribution in [-0.4, -0.2) is 36.3 Å². The average molecular weight is 582 g/mol. The first kappa shape index (κ1) is 28.7. The van der Waals surface area contributed by atoms with E-state index in [4.69, 9.17) is 4.43 Å². The average Bonchev–Trinajstić information content (AvgIpc) is 3.61. The van der Waals surface area contributed by atoms with Gasteiger partial charge in [0.15, 0.2) is 8.32 Å². The lowest BCUT2D eigenvalue weighted by Gasteiger charge is -2.42. The molecule has 42 heavy (non-hydrogen) atoms. The number of fused-ring (bicyclic) bond motifs is 1. The second-order valence-electron chi connectivity index (χ2n) is 13.0. The Morgan fingerprint density at radius 2 is 1.62 bits per heavy atom. The van der Waals surface area contributed by atoms with E-state index in [9.17, 15) is 9.59 Å². The third-order valence-electron chi connectivity index (χ3n) is 9.71. The van der Waals surface area contributed by atoms with Crippen LogP contribution in [0.4, 0.5) is 0 Å². The minimum Gasteiger partial charge on any atom is -0.416 e. The quantitative estimate of drug-likeness (QED) is 0.114. The molecule has 2 amide bonds. The van der Waals surface area contributed by atoms with Crippen LogP contribution in [0.1, 0.15) is 76.6 Å². The van der Waals surface area contributed by atoms with Crippen LogP contribution in [0.25, 0.3) is 33.0 Å². The highest BCUT2D eigenvalue weighted by Gasteiger charge is 2.44. The molecule has 0 spiro atoms. The van der Waals surface area contributed by atoms with Crippen molar-refractivity contribution >= 4 is 53.1 Å². The molecule has 2 aromatic heterocycles. The SMILES string of the molecule is CC(C)[Si](OCCCc1ccc2c(C3=C(c4cn5c6c(cccc46)CCC5)C(=O)NC3=O)c[nH]c2c1)(C(C)C)C(C)C. The number of H-pyrrole nitrogens is 1. The summed E-state index contributed by atoms with van der Waals surface area (Å²) in [7, 11) is -1.86. The molecule has 2 aromatic carbocycles. The summed E-state index contributed by atoms with van der Waals surface area (Å²) in [4.78, 5) is 29.9. The van der Waals surface area contributed by atoms with E-state index in [1.54, 1.807) is 0 Å². The van der Waals surface area contributed by atoms with Gasteiger partial charge in [-0.15, -0.1) is 0 Å². The topological polar surface area (TPSA) is 76.1 Å². The van der Waals surface area contributed by atoms with Crippen molar-refractivity contribution in [2.75, 3.05) is 6.61 Å². The standard InChI is InChI=1S/C35H43N3O3Si/c1-21(2)42(22(3)4,23(5)6)41-17-9-10-24-14-15-26-28(19-36-30(26)18-24)31-32(35(40)37-34(31)39)29-20-38-16-8-12-25-11-7-13-27(29)33(25)38/h7,11,13-15,18-23,36H,8-10,12,16-17H2,1-6H3,(H,37,39,40). The minimum absolute atomic E-state index is 0.325. The molecular weight excluding hydrogens is 538 g/mol. The first-order valence-electron chi connectivity index (χ1n) is 15.6. The van der Waals surface area contributed by atoms with E-state index in [0.717, 1.165) is 66.3 Å². The van der Waals surface area contributed by atoms with Crippen LogP contribution < -0.4 is 5.32 Å². The Balaban J connectivity index is 1.29. The Morgan fingerprint density at radius 1 is 0.905 bits per heavy atom. The number of aromatic nitrogens is 2. The number of aromatic amines is 1. The summed E-state index contributed by atoms with van der Waals surface area (Å²) in [5, 5.41) is 4.57. The third kappa shape index (κ3) is 4.58. The summed E-state index contributed by atoms with van der Waals surface area (Å²) in [6.07, 6.45) is 7.94. The highest BCUT2D eigenvalue weighted by atomic mass is 28.4. The molecule has 0 atom stereocenters. The van der Waals surface area contributed by atoms with Gasteiger partial charge in [-0.05, 0) is 59.5 Å². The van der Waals surface area contributed by atoms with Gasteiger partial charge in [-0.2, -0.15) is 0 Å². The van der Waals surface area contributed by atoms with Crippen molar-refractivity contribution in [3.8, 4) is 0 Å². The lowest BCUT2D eigenvalue weighted by atomic mass is 9.94. The van der Waals surface area contributed by atoms with Gasteiger partial charge in [-0.3, -0.25) is 14.9 Å². The zero-order chi connectivity index (χ0) is 29.8. The molecular formula is C35H43N3O3Si. The number of hydrogen-bond donors (Lipinski definition) is 2. The smallest absolute Gasteiger partial charge is 0.259 e. The van der Waals surface area contributed by atoms with Gasteiger partial charge in [-0.1, -0.05) is 71.9 Å². The maximum absolute atomic E-state index is 13.2. The normalized spacial score (nSPS) is 15.8. The van der Waals surface area contributed by atoms with E-state index in [2.05, 4.69) is 99.0 Å². The molecule has 2 N–H and O–H groups in total. The number of hydrogen-bond acceptors (Lipinski definition) is 3. The zero-order valence-corrected chi connectivity index (χ0v) is 26.8. The van der Waals surface area contributed by atoms with E-state index in [0.29, 0.717) is 27.8 Å². The van der Waals surface area contributed by atoms with E-state index in [1.807, 2.05) is 6.20 Å². The summed E-state index contributed by atoms with van der Waals surface area (Å²) in [5.41, 5.74) is 8.96. The second-order valence-corrected chi connectivity index (χ2v) is 18.5. The number of nitrogens with zero attached hydrogens (tertiary/aromatic N) is 1. The monoisotopic (exact) mass is 581 g/mol. The Kier molecular flexibility index (Phi) is 7.52. The van der Waals surface area contributed by atoms with Crippen molar-refractivity contribution in [2.24, 2.45) is 0 Å². The summed E-state index contributed by atoms with van der Waals surface area (Å²) in [6.45, 7) is 15.7. The molecule has 4 aromatic rings. The fraction of sp³-hybridized carbons (Fsp3) is 0.429. The summed E-state index contributed by atoms with van der Waals surface area (Å²) >= 11 is 0. The maximum Gasteiger partial charge on any atom is 0.259 e. The lowest BCUT2D eigenvalue weighted by molar-refractivity contribution is -0.122. The predicted octanol–water partition coefficient (Wildman–Crippen LogP) is 7.76. The van der Waals surface area contributed by atoms with Crippen LogP contribution >= 0.6 is 0 Å². The van der Waals surface area contributed by atoms with Gasteiger partial charge in [-0.25, -0.2) is 0 Å². The van der Waals surface area contributed by atoms with Crippen molar-refractivity contribution in [2.45, 2.75) is 90.4 Å². The Morgan fingerprint density at radius 3 is 2.33 bits per heavy atom. The molecule has 2 aliphatic rings. The van der Waals surface area contributed by atoms with E-state index >= 15 is 0 Å². The largest absolute Gasteiger partial charge is 0.416 e. The number of aryl methyl sites for hydroxylation is 3. The maximum atomic E-state index is 13.2. The highest BCUT2D eigenvalue weighted by molar-refractivity contribution is 6.77. The predicted molar refractivity (Wildman–Crippen MR) is 174 cm³/mol. The van der Waals surface area contributed by atoms with Crippen molar-refractivity contribution in [3.05, 3.63) is 71.0 Å². The zero-order valence-electron chi connectivity index (χ0n) is 25.8. The van der Waals surface area contributed by atoms with E-state index in [-0.39, 0.29) is 11.8 Å². The lowest BCUT2D eigenvalue weighted by Crippen LogP contribution is -2.48. The van der Waals surface area contributed by atoms with Gasteiger partial charge in [0.2, 0.25) is 0 Å². The number of para-hydroxylation sites is 1. The number of carbonyl (C=O) groups excluding carboxylic acids is 2. The number of rotatable bonds is 10. The molecule has 220 valence electrons. The van der Waals surface area contributed by atoms with Crippen LogP contribution in [0.3, 0.4) is 0 Å². The van der Waals surface area contributed by atoms with Gasteiger partial charge in [0.1, 0.15) is 0 Å². The van der Waals surface area contributed by atoms with Crippen molar-refractivity contribution in [1.29, 1.82) is 0 Å². The van der Waals surface area contributed by atoms with Gasteiger partial charge in [0, 0.05) is 53.0 Å². The molecule has 6 rings (SSSR count). The van der Waals surface area contributed by atoms with Crippen molar-refractivity contribution in [1.82, 2.24) is 14.9 Å². The fourth-order valence-corrected chi connectivity index (χ4v) is 13.5. The summed E-state index contributed by atoms with van der Waals surface area (Å²) in [6, 6.07) is 12.7. The van der Waals surface area contributed by atoms with E-state index in [1.165, 1.54) is 16.6 Å². The van der Waals surface area contributed by atoms with Crippen LogP contribution in [0.15, 0.2) is 48.8 Å². The second kappa shape index (κ2) is 11.0. The summed E-state index contributed by atoms with van der Waals surface area (Å²) < 4.78 is 9.01. The molecule has 6 nitrogen and oxygen atoms in total. The molecule has 0 saturated heterocycles. The Bertz CT molecular complexity index is 1700. The molecule has 0 unspecified atom stereocenters. The van der Waals surface area contributed by atoms with Crippen LogP contribution in [0.2, 0.25) is 16.6 Å². The Hall–Kier alpha value is -3.42. The first-order valence-corrected chi connectivity index (χ1v) is 17.7. The van der Waals surface area contributed by atoms with Crippen molar-refractivity contribution in [3.63, 3.8) is 0 Å². The summed E-state index contributed by atoms with van der Waals surface area (Å²) in [5.74, 6) is -0.661. The molecule has 0 aliphatic carbocycles. The van der Waals surface area contributed by atoms with Gasteiger partial charge in [0.25, 0.3) is 11.8 Å². The molecule has 0 bridgehead atoms. The number of imide groups is 1. The molecule has 0 radical (unpaired) electrons. The first-order chi connectivity index (χ1) is 20.1. The third-order valence-corrected chi connectivity index (χ3v) is 15.8. The molecule has 2 aliphatic heterocycles. The molecule has 0 fully saturated rings. The van der Waals surface area contributed by atoms with Crippen LogP contribution in [-0.2, 0) is 33.4 Å². The molecule has 0 saturated carbocycles. The van der Waals surface area contributed by atoms with Gasteiger partial charge in [0.05, 0.1) is 16.7 Å². The van der Waals surface area contributed by atoms with E-state index < -0.39 is 8.32 Å². The van der Waals surface area contributed by atoms with Crippen LogP contribution in [0.5, 0.6) is 0 Å². The number of benzene rings is 2. The minimum atomic E-state index is -1.86. The highest BCUT2D eigenvalue weighted by Crippen LogP contribution is 2.43. The molecule has 7 heteroatoms. The Labute approximate surface area is 249 Å². The number of amides is 2. The molecule has 4 heterocycles. The number of carbonyl (C=O) groups is 2. The number of nitrogens with one attached hydrogen (secondary N) is 2.